The zero-order valence-electron chi connectivity index (χ0n) is 17.5. The van der Waals surface area contributed by atoms with Crippen LogP contribution in [0.2, 0.25) is 0 Å². The van der Waals surface area contributed by atoms with Gasteiger partial charge in [0.05, 0.1) is 0 Å². The Morgan fingerprint density at radius 2 is 1.86 bits per heavy atom. The van der Waals surface area contributed by atoms with Crippen molar-refractivity contribution in [2.75, 3.05) is 0 Å². The Bertz CT molecular complexity index is 790. The summed E-state index contributed by atoms with van der Waals surface area (Å²) >= 11 is 0. The molecule has 4 rings (SSSR count). The van der Waals surface area contributed by atoms with Gasteiger partial charge in [-0.3, -0.25) is 14.4 Å². The average Bonchev–Trinajstić information content (AvgIpc) is 3.00. The molecule has 2 saturated carbocycles. The number of ketones is 2. The molecule has 0 spiro atoms. The summed E-state index contributed by atoms with van der Waals surface area (Å²) in [5.74, 6) is 1.42. The van der Waals surface area contributed by atoms with Gasteiger partial charge in [0.25, 0.3) is 0 Å². The van der Waals surface area contributed by atoms with Gasteiger partial charge in [-0.2, -0.15) is 0 Å². The molecule has 6 atom stereocenters. The van der Waals surface area contributed by atoms with Gasteiger partial charge in [-0.1, -0.05) is 26.8 Å². The first-order valence-corrected chi connectivity index (χ1v) is 10.9. The largest absolute Gasteiger partial charge is 0.458 e. The van der Waals surface area contributed by atoms with E-state index in [2.05, 4.69) is 19.9 Å². The topological polar surface area (TPSA) is 60.4 Å². The summed E-state index contributed by atoms with van der Waals surface area (Å²) in [6.07, 6.45) is 9.46. The van der Waals surface area contributed by atoms with Gasteiger partial charge in [0.2, 0.25) is 0 Å². The van der Waals surface area contributed by atoms with Crippen LogP contribution in [-0.2, 0) is 19.1 Å². The Kier molecular flexibility index (Phi) is 4.67. The first-order valence-electron chi connectivity index (χ1n) is 10.9. The van der Waals surface area contributed by atoms with Crippen LogP contribution in [0, 0.1) is 28.6 Å². The van der Waals surface area contributed by atoms with Gasteiger partial charge in [-0.25, -0.2) is 0 Å². The molecular weight excluding hydrogens is 352 g/mol. The SMILES string of the molecule is CCC(=O)O[C@@H]1C=C2C(=O)C[C@@H]3[C@H](CC[C@]4(C)C(C(C)=O)=CC[C@@H]34)[C@@]2(C)CC1. The van der Waals surface area contributed by atoms with E-state index < -0.39 is 0 Å². The summed E-state index contributed by atoms with van der Waals surface area (Å²) < 4.78 is 5.53. The number of hydrogen-bond acceptors (Lipinski definition) is 4. The van der Waals surface area contributed by atoms with Crippen LogP contribution in [0.3, 0.4) is 0 Å². The fourth-order valence-corrected chi connectivity index (χ4v) is 6.98. The van der Waals surface area contributed by atoms with E-state index in [1.165, 1.54) is 0 Å². The van der Waals surface area contributed by atoms with Crippen LogP contribution >= 0.6 is 0 Å². The third-order valence-corrected chi connectivity index (χ3v) is 8.42. The number of ether oxygens (including phenoxy) is 1. The number of carbonyl (C=O) groups excluding carboxylic acids is 3. The molecule has 0 aromatic carbocycles. The van der Waals surface area contributed by atoms with Crippen molar-refractivity contribution in [3.05, 3.63) is 23.3 Å². The molecule has 4 aliphatic rings. The van der Waals surface area contributed by atoms with Gasteiger partial charge in [0.15, 0.2) is 11.6 Å². The van der Waals surface area contributed by atoms with Crippen LogP contribution in [0.4, 0.5) is 0 Å². The molecule has 4 aliphatic carbocycles. The number of allylic oxidation sites excluding steroid dienone is 3. The van der Waals surface area contributed by atoms with Crippen molar-refractivity contribution in [2.45, 2.75) is 78.7 Å². The monoisotopic (exact) mass is 384 g/mol. The first kappa shape index (κ1) is 19.6. The van der Waals surface area contributed by atoms with E-state index >= 15 is 0 Å². The Morgan fingerprint density at radius 1 is 1.14 bits per heavy atom. The van der Waals surface area contributed by atoms with Gasteiger partial charge < -0.3 is 4.74 Å². The lowest BCUT2D eigenvalue weighted by Crippen LogP contribution is -2.53. The third kappa shape index (κ3) is 2.74. The summed E-state index contributed by atoms with van der Waals surface area (Å²) in [4.78, 5) is 37.1. The van der Waals surface area contributed by atoms with Crippen LogP contribution in [0.1, 0.15) is 72.6 Å². The quantitative estimate of drug-likeness (QED) is 0.669. The Hall–Kier alpha value is -1.71. The van der Waals surface area contributed by atoms with E-state index in [0.29, 0.717) is 30.6 Å². The minimum absolute atomic E-state index is 0.0707. The van der Waals surface area contributed by atoms with Gasteiger partial charge >= 0.3 is 5.97 Å². The molecule has 0 aromatic heterocycles. The zero-order chi connectivity index (χ0) is 20.3. The molecule has 152 valence electrons. The molecule has 28 heavy (non-hydrogen) atoms. The van der Waals surface area contributed by atoms with Crippen LogP contribution in [0.5, 0.6) is 0 Å². The van der Waals surface area contributed by atoms with Gasteiger partial charge in [-0.15, -0.1) is 0 Å². The second kappa shape index (κ2) is 6.67. The smallest absolute Gasteiger partial charge is 0.306 e. The summed E-state index contributed by atoms with van der Waals surface area (Å²) in [5.41, 5.74) is 1.69. The van der Waals surface area contributed by atoms with E-state index in [4.69, 9.17) is 4.74 Å². The highest BCUT2D eigenvalue weighted by Crippen LogP contribution is 2.64. The fourth-order valence-electron chi connectivity index (χ4n) is 6.98. The average molecular weight is 385 g/mol. The van der Waals surface area contributed by atoms with Crippen molar-refractivity contribution in [3.8, 4) is 0 Å². The van der Waals surface area contributed by atoms with Crippen molar-refractivity contribution < 1.29 is 19.1 Å². The Balaban J connectivity index is 1.63. The van der Waals surface area contributed by atoms with E-state index in [9.17, 15) is 14.4 Å². The van der Waals surface area contributed by atoms with Gasteiger partial charge in [-0.05, 0) is 79.3 Å². The predicted molar refractivity (Wildman–Crippen MR) is 106 cm³/mol. The van der Waals surface area contributed by atoms with E-state index in [1.807, 2.05) is 6.08 Å². The molecule has 4 nitrogen and oxygen atoms in total. The predicted octanol–water partition coefficient (Wildman–Crippen LogP) is 4.58. The highest BCUT2D eigenvalue weighted by molar-refractivity contribution is 5.98. The molecule has 0 saturated heterocycles. The Labute approximate surface area is 167 Å². The molecule has 0 radical (unpaired) electrons. The molecule has 0 aromatic rings. The highest BCUT2D eigenvalue weighted by Gasteiger charge is 2.59. The van der Waals surface area contributed by atoms with E-state index in [1.54, 1.807) is 13.8 Å². The maximum atomic E-state index is 13.2. The van der Waals surface area contributed by atoms with Gasteiger partial charge in [0.1, 0.15) is 6.10 Å². The van der Waals surface area contributed by atoms with Gasteiger partial charge in [0, 0.05) is 18.4 Å². The van der Waals surface area contributed by atoms with Crippen molar-refractivity contribution in [1.82, 2.24) is 0 Å². The van der Waals surface area contributed by atoms with Crippen molar-refractivity contribution in [3.63, 3.8) is 0 Å². The molecule has 0 unspecified atom stereocenters. The van der Waals surface area contributed by atoms with Crippen LogP contribution in [-0.4, -0.2) is 23.6 Å². The fraction of sp³-hybridized carbons (Fsp3) is 0.708. The first-order chi connectivity index (χ1) is 13.2. The molecule has 0 aliphatic heterocycles. The van der Waals surface area contributed by atoms with Crippen molar-refractivity contribution in [1.29, 1.82) is 0 Å². The highest BCUT2D eigenvalue weighted by atomic mass is 16.5. The second-order valence-electron chi connectivity index (χ2n) is 9.79. The number of fused-ring (bicyclic) bond motifs is 5. The molecule has 0 bridgehead atoms. The minimum atomic E-state index is -0.262. The number of carbonyl (C=O) groups is 3. The molecule has 4 heteroatoms. The summed E-state index contributed by atoms with van der Waals surface area (Å²) in [6.45, 7) is 7.97. The second-order valence-corrected chi connectivity index (χ2v) is 9.79. The van der Waals surface area contributed by atoms with Crippen LogP contribution in [0.15, 0.2) is 23.3 Å². The lowest BCUT2D eigenvalue weighted by molar-refractivity contribution is -0.148. The molecule has 0 N–H and O–H groups in total. The van der Waals surface area contributed by atoms with Crippen molar-refractivity contribution in [2.24, 2.45) is 28.6 Å². The number of esters is 1. The summed E-state index contributed by atoms with van der Waals surface area (Å²) in [5, 5.41) is 0. The number of Topliss-reactive ketones (excluding diaryl/α,β-unsaturated/α-hetero) is 2. The summed E-state index contributed by atoms with van der Waals surface area (Å²) in [7, 11) is 0. The maximum absolute atomic E-state index is 13.2. The van der Waals surface area contributed by atoms with E-state index in [-0.39, 0.29) is 34.5 Å². The third-order valence-electron chi connectivity index (χ3n) is 8.42. The minimum Gasteiger partial charge on any atom is -0.458 e. The zero-order valence-corrected chi connectivity index (χ0v) is 17.5. The lowest BCUT2D eigenvalue weighted by atomic mass is 9.46. The van der Waals surface area contributed by atoms with Crippen LogP contribution in [0.25, 0.3) is 0 Å². The molecular formula is C24H32O4. The normalized spacial score (nSPS) is 41.9. The Morgan fingerprint density at radius 3 is 2.54 bits per heavy atom. The maximum Gasteiger partial charge on any atom is 0.306 e. The van der Waals surface area contributed by atoms with E-state index in [0.717, 1.165) is 43.3 Å². The molecule has 0 heterocycles. The number of hydrogen-bond donors (Lipinski definition) is 0. The van der Waals surface area contributed by atoms with Crippen LogP contribution < -0.4 is 0 Å². The standard InChI is InChI=1S/C24H32O4/c1-5-22(27)28-15-8-10-24(4)19-9-11-23(3)17(14(2)25)6-7-18(23)16(19)13-21(26)20(24)12-15/h6,12,15-16,18-19H,5,7-11,13H2,1-4H3/t15-,16-,18-,19-,23+,24+/m0/s1. The lowest BCUT2D eigenvalue weighted by Gasteiger charge is -2.57. The van der Waals surface area contributed by atoms with Crippen molar-refractivity contribution >= 4 is 17.5 Å². The number of rotatable bonds is 3. The summed E-state index contributed by atoms with van der Waals surface area (Å²) in [6, 6.07) is 0. The molecule has 0 amide bonds. The molecule has 2 fully saturated rings.